The van der Waals surface area contributed by atoms with Crippen molar-refractivity contribution in [1.29, 1.82) is 0 Å². The number of hydrogen-bond donors (Lipinski definition) is 0. The molecule has 1 atom stereocenters. The molecule has 2 aromatic carbocycles. The van der Waals surface area contributed by atoms with Crippen LogP contribution in [0.5, 0.6) is 0 Å². The number of rotatable bonds is 7. The minimum Gasteiger partial charge on any atom is -0.466 e. The van der Waals surface area contributed by atoms with Crippen LogP contribution in [0.1, 0.15) is 25.0 Å². The molecule has 0 heterocycles. The maximum absolute atomic E-state index is 12.1. The summed E-state index contributed by atoms with van der Waals surface area (Å²) in [7, 11) is 0. The summed E-state index contributed by atoms with van der Waals surface area (Å²) in [4.78, 5) is 44.6. The van der Waals surface area contributed by atoms with Gasteiger partial charge in [-0.1, -0.05) is 67.6 Å². The molecular formula is C22H24O6. The molecule has 0 bridgehead atoms. The van der Waals surface area contributed by atoms with Gasteiger partial charge in [0, 0.05) is 0 Å². The smallest absolute Gasteiger partial charge is 0.373 e. The minimum atomic E-state index is -0.111. The van der Waals surface area contributed by atoms with Crippen molar-refractivity contribution in [2.24, 2.45) is 11.8 Å². The van der Waals surface area contributed by atoms with Crippen LogP contribution in [0.4, 0.5) is 0 Å². The Morgan fingerprint density at radius 2 is 1.18 bits per heavy atom. The zero-order chi connectivity index (χ0) is 21.2. The van der Waals surface area contributed by atoms with Crippen LogP contribution in [-0.2, 0) is 41.6 Å². The van der Waals surface area contributed by atoms with Crippen LogP contribution < -0.4 is 0 Å². The molecular weight excluding hydrogens is 360 g/mol. The van der Waals surface area contributed by atoms with Gasteiger partial charge in [0.15, 0.2) is 0 Å². The highest BCUT2D eigenvalue weighted by Gasteiger charge is 2.25. The first kappa shape index (κ1) is 24.7. The molecule has 0 fully saturated rings. The number of hydrogen-bond acceptors (Lipinski definition) is 6. The second kappa shape index (κ2) is 15.9. The van der Waals surface area contributed by atoms with E-state index in [1.54, 1.807) is 0 Å². The van der Waals surface area contributed by atoms with E-state index in [4.69, 9.17) is 23.9 Å². The van der Waals surface area contributed by atoms with E-state index in [1.807, 2.05) is 50.2 Å². The Hall–Kier alpha value is -3.33. The van der Waals surface area contributed by atoms with Gasteiger partial charge in [-0.05, 0) is 36.8 Å². The van der Waals surface area contributed by atoms with Crippen molar-refractivity contribution in [3.63, 3.8) is 0 Å². The van der Waals surface area contributed by atoms with Crippen LogP contribution in [0, 0.1) is 11.8 Å². The molecule has 148 valence electrons. The summed E-state index contributed by atoms with van der Waals surface area (Å²) in [6.07, 6.45) is 2.27. The molecule has 2 rings (SSSR count). The number of carbonyl (C=O) groups is 1. The number of esters is 1. The zero-order valence-electron chi connectivity index (χ0n) is 16.0. The molecule has 0 unspecified atom stereocenters. The Kier molecular flexibility index (Phi) is 14.0. The highest BCUT2D eigenvalue weighted by atomic mass is 16.5. The van der Waals surface area contributed by atoms with Gasteiger partial charge in [-0.15, -0.1) is 0 Å². The lowest BCUT2D eigenvalue weighted by atomic mass is 9.83. The summed E-state index contributed by atoms with van der Waals surface area (Å²) in [5.74, 6) is 0.0311. The van der Waals surface area contributed by atoms with E-state index in [0.717, 1.165) is 12.8 Å². The molecule has 28 heavy (non-hydrogen) atoms. The minimum absolute atomic E-state index is 0.0978. The molecule has 0 saturated heterocycles. The van der Waals surface area contributed by atoms with Gasteiger partial charge < -0.3 is 4.74 Å². The molecule has 6 nitrogen and oxygen atoms in total. The SMILES string of the molecule is CCOC(=O)[C@H](C)C(Cc1ccccc1)Cc1ccccc1.O=C=O.O=C=O. The third kappa shape index (κ3) is 10.6. The van der Waals surface area contributed by atoms with Gasteiger partial charge in [-0.2, -0.15) is 19.2 Å². The van der Waals surface area contributed by atoms with Crippen LogP contribution >= 0.6 is 0 Å². The quantitative estimate of drug-likeness (QED) is 0.681. The van der Waals surface area contributed by atoms with E-state index in [0.29, 0.717) is 6.61 Å². The van der Waals surface area contributed by atoms with Crippen molar-refractivity contribution in [2.75, 3.05) is 6.61 Å². The average Bonchev–Trinajstić information content (AvgIpc) is 2.70. The number of benzene rings is 2. The predicted octanol–water partition coefficient (Wildman–Crippen LogP) is 3.12. The van der Waals surface area contributed by atoms with Gasteiger partial charge in [-0.25, -0.2) is 0 Å². The van der Waals surface area contributed by atoms with E-state index in [1.165, 1.54) is 11.1 Å². The Morgan fingerprint density at radius 3 is 1.50 bits per heavy atom. The summed E-state index contributed by atoms with van der Waals surface area (Å²) in [6, 6.07) is 20.7. The topological polar surface area (TPSA) is 94.6 Å². The molecule has 0 saturated carbocycles. The van der Waals surface area contributed by atoms with Gasteiger partial charge in [0.2, 0.25) is 0 Å². The molecule has 0 aliphatic carbocycles. The largest absolute Gasteiger partial charge is 0.466 e. The summed E-state index contributed by atoms with van der Waals surface area (Å²) in [5, 5.41) is 0. The van der Waals surface area contributed by atoms with E-state index in [9.17, 15) is 4.79 Å². The van der Waals surface area contributed by atoms with Crippen LogP contribution in [0.15, 0.2) is 60.7 Å². The predicted molar refractivity (Wildman–Crippen MR) is 99.6 cm³/mol. The Bertz CT molecular complexity index is 677. The van der Waals surface area contributed by atoms with E-state index in [2.05, 4.69) is 24.3 Å². The van der Waals surface area contributed by atoms with Crippen molar-refractivity contribution in [3.8, 4) is 0 Å². The van der Waals surface area contributed by atoms with Crippen molar-refractivity contribution in [3.05, 3.63) is 71.8 Å². The van der Waals surface area contributed by atoms with Gasteiger partial charge in [0.05, 0.1) is 12.5 Å². The molecule has 0 aromatic heterocycles. The summed E-state index contributed by atoms with van der Waals surface area (Å²) >= 11 is 0. The molecule has 0 aliphatic rings. The van der Waals surface area contributed by atoms with E-state index >= 15 is 0 Å². The van der Waals surface area contributed by atoms with Gasteiger partial charge in [0.25, 0.3) is 0 Å². The van der Waals surface area contributed by atoms with Crippen molar-refractivity contribution in [2.45, 2.75) is 26.7 Å². The summed E-state index contributed by atoms with van der Waals surface area (Å²) in [5.41, 5.74) is 2.53. The summed E-state index contributed by atoms with van der Waals surface area (Å²) < 4.78 is 5.22. The maximum atomic E-state index is 12.1. The van der Waals surface area contributed by atoms with E-state index < -0.39 is 0 Å². The lowest BCUT2D eigenvalue weighted by Gasteiger charge is -2.23. The second-order valence-electron chi connectivity index (χ2n) is 5.85. The third-order valence-electron chi connectivity index (χ3n) is 4.05. The molecule has 0 amide bonds. The van der Waals surface area contributed by atoms with Crippen LogP contribution in [0.2, 0.25) is 0 Å². The number of carbonyl (C=O) groups excluding carboxylic acids is 5. The van der Waals surface area contributed by atoms with Crippen molar-refractivity contribution < 1.29 is 28.7 Å². The average molecular weight is 384 g/mol. The van der Waals surface area contributed by atoms with Crippen molar-refractivity contribution >= 4 is 18.3 Å². The lowest BCUT2D eigenvalue weighted by molar-refractivity contribution is -0.193. The molecule has 6 heteroatoms. The Balaban J connectivity index is 0.00000108. The van der Waals surface area contributed by atoms with E-state index in [-0.39, 0.29) is 30.1 Å². The summed E-state index contributed by atoms with van der Waals surface area (Å²) in [6.45, 7) is 4.27. The standard InChI is InChI=1S/C20H24O2.2CO2/c1-3-22-20(21)16(2)19(14-17-10-6-4-7-11-17)15-18-12-8-5-9-13-18;2*2-1-3/h4-13,16,19H,3,14-15H2,1-2H3;;/t16-;;/m1../s1. The monoisotopic (exact) mass is 384 g/mol. The van der Waals surface area contributed by atoms with Gasteiger partial charge in [-0.3, -0.25) is 4.79 Å². The normalized spacial score (nSPS) is 10.1. The lowest BCUT2D eigenvalue weighted by Crippen LogP contribution is -2.26. The first-order chi connectivity index (χ1) is 13.5. The van der Waals surface area contributed by atoms with Crippen LogP contribution in [0.3, 0.4) is 0 Å². The molecule has 0 N–H and O–H groups in total. The molecule has 0 spiro atoms. The molecule has 0 radical (unpaired) electrons. The first-order valence-corrected chi connectivity index (χ1v) is 8.76. The molecule has 2 aromatic rings. The Labute approximate surface area is 164 Å². The number of ether oxygens (including phenoxy) is 1. The Morgan fingerprint density at radius 1 is 0.821 bits per heavy atom. The van der Waals surface area contributed by atoms with Gasteiger partial charge in [0.1, 0.15) is 0 Å². The fourth-order valence-electron chi connectivity index (χ4n) is 2.73. The fraction of sp³-hybridized carbons (Fsp3) is 0.318. The molecule has 0 aliphatic heterocycles. The van der Waals surface area contributed by atoms with Crippen LogP contribution in [0.25, 0.3) is 0 Å². The zero-order valence-corrected chi connectivity index (χ0v) is 16.0. The fourth-order valence-corrected chi connectivity index (χ4v) is 2.73. The van der Waals surface area contributed by atoms with Crippen LogP contribution in [-0.4, -0.2) is 24.9 Å². The highest BCUT2D eigenvalue weighted by Crippen LogP contribution is 2.23. The third-order valence-corrected chi connectivity index (χ3v) is 4.05. The van der Waals surface area contributed by atoms with Crippen molar-refractivity contribution in [1.82, 2.24) is 0 Å². The first-order valence-electron chi connectivity index (χ1n) is 8.76. The maximum Gasteiger partial charge on any atom is 0.373 e. The van der Waals surface area contributed by atoms with Gasteiger partial charge >= 0.3 is 18.3 Å². The highest BCUT2D eigenvalue weighted by molar-refractivity contribution is 5.72. The second-order valence-corrected chi connectivity index (χ2v) is 5.85.